The van der Waals surface area contributed by atoms with Gasteiger partial charge in [0.1, 0.15) is 42.4 Å². The maximum absolute atomic E-state index is 13.7. The highest BCUT2D eigenvalue weighted by Gasteiger charge is 2.34. The van der Waals surface area contributed by atoms with E-state index in [1.54, 1.807) is 60.4 Å². The van der Waals surface area contributed by atoms with Gasteiger partial charge in [0, 0.05) is 68.8 Å². The van der Waals surface area contributed by atoms with Crippen LogP contribution in [0.15, 0.2) is 97.3 Å². The fourth-order valence-corrected chi connectivity index (χ4v) is 6.88. The standard InChI is InChI=1S/C49H45F4N9O6/c1-61-41-10-2-3-11-43(41)68-31-40(48(61)66)57-47(65)45-58-44(59-60-45)26-34-14-12-32(13-15-34)8-5-7-22-62-29-37(28-56-62)46(64)55-20-6-4-9-33-17-19-42(36(24-33)27-54-21-23-63)67-30-35-16-18-39(50)38(25-35)49(51,52)53/h2-3,10-19,24-25,28-29,40,54,63H,6-7,20-23,26-27,30-31H2,1H3,(H,55,64)(H,57,65)(H,58,59,60). The van der Waals surface area contributed by atoms with E-state index in [1.165, 1.54) is 17.2 Å². The van der Waals surface area contributed by atoms with Gasteiger partial charge in [-0.05, 0) is 65.7 Å². The Kier molecular flexibility index (Phi) is 15.8. The molecule has 19 heteroatoms. The normalized spacial score (nSPS) is 13.2. The molecule has 3 amide bonds. The molecule has 7 rings (SSSR count). The number of ether oxygens (including phenoxy) is 2. The third-order valence-electron chi connectivity index (χ3n) is 10.4. The number of aromatic amines is 1. The molecule has 15 nitrogen and oxygen atoms in total. The molecule has 2 aromatic heterocycles. The number of aromatic nitrogens is 5. The SMILES string of the molecule is CN1C(=O)C(NC(=O)c2n[nH]c(Cc3ccc(C#CCCn4cc(C(=O)NCCC#Cc5ccc(OCc6ccc(F)c(C(F)(F)F)c6)c(CNCCO)c5)cn4)cc3)n2)COc2ccccc21. The molecule has 0 bridgehead atoms. The van der Waals surface area contributed by atoms with Crippen LogP contribution in [0.1, 0.15) is 73.0 Å². The summed E-state index contributed by atoms with van der Waals surface area (Å²) >= 11 is 0. The molecule has 0 saturated heterocycles. The van der Waals surface area contributed by atoms with E-state index >= 15 is 0 Å². The number of likely N-dealkylation sites (N-methyl/N-ethyl adjacent to an activating group) is 1. The van der Waals surface area contributed by atoms with Crippen molar-refractivity contribution in [2.75, 3.05) is 38.3 Å². The number of rotatable bonds is 16. The number of fused-ring (bicyclic) bond motifs is 1. The number of aliphatic hydroxyl groups is 1. The minimum Gasteiger partial charge on any atom is -0.489 e. The Labute approximate surface area is 388 Å². The minimum atomic E-state index is -4.84. The van der Waals surface area contributed by atoms with E-state index in [2.05, 4.69) is 59.9 Å². The monoisotopic (exact) mass is 931 g/mol. The Balaban J connectivity index is 0.825. The van der Waals surface area contributed by atoms with Gasteiger partial charge in [0.25, 0.3) is 17.7 Å². The molecule has 1 unspecified atom stereocenters. The topological polar surface area (TPSA) is 189 Å². The second kappa shape index (κ2) is 22.5. The quantitative estimate of drug-likeness (QED) is 0.0492. The lowest BCUT2D eigenvalue weighted by Gasteiger charge is -2.19. The van der Waals surface area contributed by atoms with Crippen LogP contribution in [-0.4, -0.2) is 87.2 Å². The second-order valence-corrected chi connectivity index (χ2v) is 15.4. The Morgan fingerprint density at radius 1 is 0.956 bits per heavy atom. The van der Waals surface area contributed by atoms with Crippen LogP contribution >= 0.6 is 0 Å². The van der Waals surface area contributed by atoms with Crippen LogP contribution in [0.5, 0.6) is 11.5 Å². The predicted molar refractivity (Wildman–Crippen MR) is 241 cm³/mol. The molecular formula is C49H45F4N9O6. The number of alkyl halides is 3. The third kappa shape index (κ3) is 12.9. The molecule has 0 aliphatic carbocycles. The average Bonchev–Trinajstić information content (AvgIpc) is 4.00. The van der Waals surface area contributed by atoms with Gasteiger partial charge in [0.15, 0.2) is 0 Å². The van der Waals surface area contributed by atoms with E-state index in [0.29, 0.717) is 72.1 Å². The number of amides is 3. The lowest BCUT2D eigenvalue weighted by molar-refractivity contribution is -0.140. The van der Waals surface area contributed by atoms with E-state index in [4.69, 9.17) is 9.47 Å². The summed E-state index contributed by atoms with van der Waals surface area (Å²) in [5.74, 6) is 11.0. The van der Waals surface area contributed by atoms with E-state index in [-0.39, 0.29) is 56.1 Å². The first kappa shape index (κ1) is 47.9. The number of nitrogens with one attached hydrogen (secondary N) is 4. The van der Waals surface area contributed by atoms with Crippen molar-refractivity contribution in [3.05, 3.63) is 154 Å². The van der Waals surface area contributed by atoms with Gasteiger partial charge in [-0.1, -0.05) is 54.0 Å². The van der Waals surface area contributed by atoms with Gasteiger partial charge >= 0.3 is 6.18 Å². The van der Waals surface area contributed by atoms with Crippen molar-refractivity contribution in [1.29, 1.82) is 0 Å². The summed E-state index contributed by atoms with van der Waals surface area (Å²) in [5, 5.41) is 28.8. The zero-order valence-corrected chi connectivity index (χ0v) is 36.6. The van der Waals surface area contributed by atoms with Gasteiger partial charge in [-0.3, -0.25) is 24.2 Å². The summed E-state index contributed by atoms with van der Waals surface area (Å²) in [5.41, 5.74) is 2.77. The van der Waals surface area contributed by atoms with Crippen LogP contribution in [0, 0.1) is 29.5 Å². The smallest absolute Gasteiger partial charge is 0.419 e. The number of para-hydroxylation sites is 2. The summed E-state index contributed by atoms with van der Waals surface area (Å²) in [6.45, 7) is 0.951. The highest BCUT2D eigenvalue weighted by Crippen LogP contribution is 2.33. The Morgan fingerprint density at radius 2 is 1.72 bits per heavy atom. The predicted octanol–water partition coefficient (Wildman–Crippen LogP) is 5.18. The molecule has 68 heavy (non-hydrogen) atoms. The van der Waals surface area contributed by atoms with Crippen molar-refractivity contribution in [3.8, 4) is 35.2 Å². The molecule has 0 saturated carbocycles. The van der Waals surface area contributed by atoms with Gasteiger partial charge in [0.05, 0.1) is 36.2 Å². The summed E-state index contributed by atoms with van der Waals surface area (Å²) < 4.78 is 66.5. The Bertz CT molecular complexity index is 2880. The van der Waals surface area contributed by atoms with Crippen LogP contribution < -0.4 is 30.3 Å². The third-order valence-corrected chi connectivity index (χ3v) is 10.4. The number of aliphatic hydroxyl groups excluding tert-OH is 1. The van der Waals surface area contributed by atoms with E-state index in [1.807, 2.05) is 24.3 Å². The first-order valence-electron chi connectivity index (χ1n) is 21.4. The molecule has 1 aliphatic rings. The van der Waals surface area contributed by atoms with Crippen molar-refractivity contribution < 1.29 is 46.5 Å². The number of anilines is 1. The minimum absolute atomic E-state index is 0.0338. The summed E-state index contributed by atoms with van der Waals surface area (Å²) in [4.78, 5) is 44.5. The fraction of sp³-hybridized carbons (Fsp3) is 0.265. The van der Waals surface area contributed by atoms with Crippen LogP contribution in [0.3, 0.4) is 0 Å². The number of H-pyrrole nitrogens is 1. The summed E-state index contributed by atoms with van der Waals surface area (Å²) in [6, 6.07) is 21.6. The van der Waals surface area contributed by atoms with Gasteiger partial charge in [-0.2, -0.15) is 18.3 Å². The molecule has 4 aromatic carbocycles. The van der Waals surface area contributed by atoms with Gasteiger partial charge in [0.2, 0.25) is 5.82 Å². The number of aryl methyl sites for hydroxylation is 1. The number of halogens is 4. The Morgan fingerprint density at radius 3 is 2.53 bits per heavy atom. The van der Waals surface area contributed by atoms with E-state index in [0.717, 1.165) is 23.3 Å². The largest absolute Gasteiger partial charge is 0.489 e. The van der Waals surface area contributed by atoms with Crippen molar-refractivity contribution >= 4 is 23.4 Å². The van der Waals surface area contributed by atoms with Crippen LogP contribution in [0.2, 0.25) is 0 Å². The van der Waals surface area contributed by atoms with Crippen LogP contribution in [0.4, 0.5) is 23.2 Å². The van der Waals surface area contributed by atoms with Crippen molar-refractivity contribution in [2.24, 2.45) is 0 Å². The number of hydrogen-bond donors (Lipinski definition) is 5. The van der Waals surface area contributed by atoms with Crippen molar-refractivity contribution in [3.63, 3.8) is 0 Å². The number of carbonyl (C=O) groups is 3. The molecule has 1 aliphatic heterocycles. The molecule has 3 heterocycles. The summed E-state index contributed by atoms with van der Waals surface area (Å²) in [7, 11) is 1.62. The zero-order valence-electron chi connectivity index (χ0n) is 36.6. The number of hydrogen-bond acceptors (Lipinski definition) is 10. The average molecular weight is 932 g/mol. The molecule has 6 aromatic rings. The number of nitrogens with zero attached hydrogens (tertiary/aromatic N) is 5. The Hall–Kier alpha value is -8.00. The van der Waals surface area contributed by atoms with Crippen molar-refractivity contribution in [2.45, 2.75) is 51.2 Å². The number of carbonyl (C=O) groups excluding carboxylic acids is 3. The zero-order chi connectivity index (χ0) is 48.0. The molecule has 5 N–H and O–H groups in total. The van der Waals surface area contributed by atoms with Crippen LogP contribution in [0.25, 0.3) is 0 Å². The lowest BCUT2D eigenvalue weighted by atomic mass is 10.1. The summed E-state index contributed by atoms with van der Waals surface area (Å²) in [6.07, 6.45) is -0.521. The van der Waals surface area contributed by atoms with Gasteiger partial charge < -0.3 is 35.4 Å². The fourth-order valence-electron chi connectivity index (χ4n) is 6.88. The lowest BCUT2D eigenvalue weighted by Crippen LogP contribution is -2.49. The maximum Gasteiger partial charge on any atom is 0.419 e. The highest BCUT2D eigenvalue weighted by atomic mass is 19.4. The molecule has 1 atom stereocenters. The van der Waals surface area contributed by atoms with Gasteiger partial charge in [-0.15, -0.1) is 5.10 Å². The van der Waals surface area contributed by atoms with E-state index in [9.17, 15) is 37.1 Å². The molecule has 0 spiro atoms. The maximum atomic E-state index is 13.7. The second-order valence-electron chi connectivity index (χ2n) is 15.4. The molecule has 350 valence electrons. The van der Waals surface area contributed by atoms with Crippen LogP contribution in [-0.2, 0) is 37.1 Å². The van der Waals surface area contributed by atoms with E-state index < -0.39 is 29.5 Å². The number of benzene rings is 4. The molecule has 0 radical (unpaired) electrons. The highest BCUT2D eigenvalue weighted by molar-refractivity contribution is 6.02. The molecular weight excluding hydrogens is 887 g/mol. The first-order chi connectivity index (χ1) is 32.8. The first-order valence-corrected chi connectivity index (χ1v) is 21.4. The van der Waals surface area contributed by atoms with Crippen molar-refractivity contribution in [1.82, 2.24) is 40.9 Å². The molecule has 0 fully saturated rings. The van der Waals surface area contributed by atoms with Gasteiger partial charge in [-0.25, -0.2) is 9.37 Å².